The smallest absolute Gasteiger partial charge is 0.329 e. The number of carbonyl (C=O) groups excluding carboxylic acids is 3. The van der Waals surface area contributed by atoms with Crippen molar-refractivity contribution in [3.8, 4) is 6.07 Å². The molecule has 0 saturated heterocycles. The van der Waals surface area contributed by atoms with Crippen molar-refractivity contribution in [1.82, 2.24) is 10.6 Å². The Labute approximate surface area is 178 Å². The molecule has 1 aliphatic carbocycles. The molecule has 1 aromatic rings. The van der Waals surface area contributed by atoms with Crippen LogP contribution < -0.4 is 10.6 Å². The minimum Gasteiger partial charge on any atom is -0.451 e. The van der Waals surface area contributed by atoms with E-state index in [9.17, 15) is 19.6 Å². The van der Waals surface area contributed by atoms with Crippen molar-refractivity contribution in [2.75, 3.05) is 0 Å². The van der Waals surface area contributed by atoms with E-state index < -0.39 is 29.6 Å². The number of rotatable bonds is 8. The zero-order valence-electron chi connectivity index (χ0n) is 17.9. The second-order valence-electron chi connectivity index (χ2n) is 8.27. The van der Waals surface area contributed by atoms with Gasteiger partial charge in [0.05, 0.1) is 12.5 Å². The summed E-state index contributed by atoms with van der Waals surface area (Å²) in [5, 5.41) is 15.0. The van der Waals surface area contributed by atoms with Crippen molar-refractivity contribution in [2.45, 2.75) is 77.0 Å². The largest absolute Gasteiger partial charge is 0.451 e. The van der Waals surface area contributed by atoms with Crippen LogP contribution in [0.5, 0.6) is 0 Å². The van der Waals surface area contributed by atoms with E-state index in [-0.39, 0.29) is 18.2 Å². The molecule has 2 rings (SSSR count). The molecule has 1 aliphatic rings. The van der Waals surface area contributed by atoms with Gasteiger partial charge in [-0.2, -0.15) is 5.26 Å². The predicted molar refractivity (Wildman–Crippen MR) is 112 cm³/mol. The minimum atomic E-state index is -1.06. The maximum atomic E-state index is 12.6. The molecular weight excluding hydrogens is 382 g/mol. The lowest BCUT2D eigenvalue weighted by atomic mass is 9.83. The van der Waals surface area contributed by atoms with Crippen LogP contribution in [0.3, 0.4) is 0 Å². The first-order valence-electron chi connectivity index (χ1n) is 10.5. The molecule has 0 bridgehead atoms. The average Bonchev–Trinajstić information content (AvgIpc) is 2.73. The zero-order valence-corrected chi connectivity index (χ0v) is 17.9. The monoisotopic (exact) mass is 413 g/mol. The first kappa shape index (κ1) is 23.4. The fraction of sp³-hybridized carbons (Fsp3) is 0.565. The number of amides is 2. The summed E-state index contributed by atoms with van der Waals surface area (Å²) in [6, 6.07) is 10.6. The number of nitriles is 1. The molecule has 2 N–H and O–H groups in total. The van der Waals surface area contributed by atoms with Crippen LogP contribution in [-0.2, 0) is 25.5 Å². The summed E-state index contributed by atoms with van der Waals surface area (Å²) in [6.07, 6.45) is 3.09. The van der Waals surface area contributed by atoms with E-state index >= 15 is 0 Å². The van der Waals surface area contributed by atoms with Crippen LogP contribution in [0, 0.1) is 17.2 Å². The third-order valence-corrected chi connectivity index (χ3v) is 5.39. The van der Waals surface area contributed by atoms with Gasteiger partial charge in [-0.15, -0.1) is 0 Å². The predicted octanol–water partition coefficient (Wildman–Crippen LogP) is 2.64. The Morgan fingerprint density at radius 1 is 1.10 bits per heavy atom. The van der Waals surface area contributed by atoms with Gasteiger partial charge in [-0.05, 0) is 31.2 Å². The van der Waals surface area contributed by atoms with Gasteiger partial charge in [0.15, 0.2) is 6.10 Å². The van der Waals surface area contributed by atoms with Crippen molar-refractivity contribution in [2.24, 2.45) is 5.92 Å². The van der Waals surface area contributed by atoms with Gasteiger partial charge in [0.25, 0.3) is 5.91 Å². The van der Waals surface area contributed by atoms with Crippen LogP contribution in [0.25, 0.3) is 0 Å². The Hall–Kier alpha value is -2.88. The molecule has 30 heavy (non-hydrogen) atoms. The molecule has 0 radical (unpaired) electrons. The first-order chi connectivity index (χ1) is 14.3. The molecule has 7 heteroatoms. The van der Waals surface area contributed by atoms with E-state index in [1.165, 1.54) is 6.92 Å². The lowest BCUT2D eigenvalue weighted by molar-refractivity contribution is -0.159. The van der Waals surface area contributed by atoms with E-state index in [0.717, 1.165) is 24.8 Å². The lowest BCUT2D eigenvalue weighted by Crippen LogP contribution is -2.53. The molecule has 2 atom stereocenters. The van der Waals surface area contributed by atoms with Crippen LogP contribution in [0.2, 0.25) is 0 Å². The number of nitrogens with one attached hydrogen (secondary N) is 2. The average molecular weight is 414 g/mol. The van der Waals surface area contributed by atoms with E-state index in [1.54, 1.807) is 13.8 Å². The maximum Gasteiger partial charge on any atom is 0.329 e. The SMILES string of the molecule is CC(C)[C@H](NC(=O)Cc1ccccc1)C(=O)O[C@@H](C)C(=O)NC1(C#N)CCCCC1. The number of ether oxygens (including phenoxy) is 1. The molecule has 0 unspecified atom stereocenters. The number of hydrogen-bond acceptors (Lipinski definition) is 5. The van der Waals surface area contributed by atoms with Crippen molar-refractivity contribution in [3.63, 3.8) is 0 Å². The molecular formula is C23H31N3O4. The highest BCUT2D eigenvalue weighted by atomic mass is 16.5. The second kappa shape index (κ2) is 10.8. The van der Waals surface area contributed by atoms with Crippen LogP contribution in [0.15, 0.2) is 30.3 Å². The molecule has 0 aliphatic heterocycles. The molecule has 0 spiro atoms. The Bertz CT molecular complexity index is 779. The van der Waals surface area contributed by atoms with Gasteiger partial charge >= 0.3 is 5.97 Å². The van der Waals surface area contributed by atoms with E-state index in [4.69, 9.17) is 4.74 Å². The third-order valence-electron chi connectivity index (χ3n) is 5.39. The van der Waals surface area contributed by atoms with Gasteiger partial charge in [0.1, 0.15) is 11.6 Å². The first-order valence-corrected chi connectivity index (χ1v) is 10.5. The molecule has 0 aromatic heterocycles. The lowest BCUT2D eigenvalue weighted by Gasteiger charge is -2.32. The van der Waals surface area contributed by atoms with E-state index in [1.807, 2.05) is 30.3 Å². The van der Waals surface area contributed by atoms with Crippen molar-refractivity contribution in [3.05, 3.63) is 35.9 Å². The van der Waals surface area contributed by atoms with E-state index in [2.05, 4.69) is 16.7 Å². The second-order valence-corrected chi connectivity index (χ2v) is 8.27. The summed E-state index contributed by atoms with van der Waals surface area (Å²) in [5.74, 6) is -1.66. The highest BCUT2D eigenvalue weighted by Crippen LogP contribution is 2.27. The third kappa shape index (κ3) is 6.58. The van der Waals surface area contributed by atoms with Gasteiger partial charge < -0.3 is 15.4 Å². The minimum absolute atomic E-state index is 0.151. The number of hydrogen-bond donors (Lipinski definition) is 2. The van der Waals surface area contributed by atoms with Gasteiger partial charge in [0.2, 0.25) is 5.91 Å². The van der Waals surface area contributed by atoms with Crippen LogP contribution in [0.1, 0.15) is 58.4 Å². The Kier molecular flexibility index (Phi) is 8.40. The molecule has 1 saturated carbocycles. The van der Waals surface area contributed by atoms with Crippen molar-refractivity contribution in [1.29, 1.82) is 5.26 Å². The standard InChI is InChI=1S/C23H31N3O4/c1-16(2)20(25-19(27)14-18-10-6-4-7-11-18)22(29)30-17(3)21(28)26-23(15-24)12-8-5-9-13-23/h4,6-7,10-11,16-17,20H,5,8-9,12-14H2,1-3H3,(H,25,27)(H,26,28)/t17-,20-/m0/s1. The number of carbonyl (C=O) groups is 3. The van der Waals surface area contributed by atoms with E-state index in [0.29, 0.717) is 12.8 Å². The molecule has 162 valence electrons. The van der Waals surface area contributed by atoms with Crippen molar-refractivity contribution < 1.29 is 19.1 Å². The topological polar surface area (TPSA) is 108 Å². The Morgan fingerprint density at radius 2 is 1.73 bits per heavy atom. The molecule has 7 nitrogen and oxygen atoms in total. The highest BCUT2D eigenvalue weighted by Gasteiger charge is 2.36. The summed E-state index contributed by atoms with van der Waals surface area (Å²) >= 11 is 0. The number of benzene rings is 1. The van der Waals surface area contributed by atoms with Gasteiger partial charge in [-0.3, -0.25) is 9.59 Å². The quantitative estimate of drug-likeness (QED) is 0.637. The van der Waals surface area contributed by atoms with Gasteiger partial charge in [-0.25, -0.2) is 4.79 Å². The fourth-order valence-corrected chi connectivity index (χ4v) is 3.56. The zero-order chi connectivity index (χ0) is 22.1. The Morgan fingerprint density at radius 3 is 2.30 bits per heavy atom. The molecule has 1 aromatic carbocycles. The molecule has 2 amide bonds. The van der Waals surface area contributed by atoms with Crippen LogP contribution in [-0.4, -0.2) is 35.5 Å². The summed E-state index contributed by atoms with van der Waals surface area (Å²) in [7, 11) is 0. The summed E-state index contributed by atoms with van der Waals surface area (Å²) in [6.45, 7) is 5.07. The summed E-state index contributed by atoms with van der Waals surface area (Å²) in [4.78, 5) is 37.5. The summed E-state index contributed by atoms with van der Waals surface area (Å²) < 4.78 is 5.34. The molecule has 1 fully saturated rings. The number of esters is 1. The molecule has 0 heterocycles. The highest BCUT2D eigenvalue weighted by molar-refractivity contribution is 5.88. The van der Waals surface area contributed by atoms with Crippen molar-refractivity contribution >= 4 is 17.8 Å². The van der Waals surface area contributed by atoms with Gasteiger partial charge in [0, 0.05) is 0 Å². The summed E-state index contributed by atoms with van der Waals surface area (Å²) in [5.41, 5.74) is -0.0509. The van der Waals surface area contributed by atoms with Gasteiger partial charge in [-0.1, -0.05) is 63.4 Å². The number of nitrogens with zero attached hydrogens (tertiary/aromatic N) is 1. The fourth-order valence-electron chi connectivity index (χ4n) is 3.56. The van der Waals surface area contributed by atoms with Crippen LogP contribution in [0.4, 0.5) is 0 Å². The Balaban J connectivity index is 1.93. The van der Waals surface area contributed by atoms with Crippen LogP contribution >= 0.6 is 0 Å². The normalized spacial score (nSPS) is 17.3. The maximum absolute atomic E-state index is 12.6.